The van der Waals surface area contributed by atoms with Gasteiger partial charge in [0, 0.05) is 6.54 Å². The van der Waals surface area contributed by atoms with Crippen molar-refractivity contribution in [2.75, 3.05) is 5.75 Å². The Morgan fingerprint density at radius 2 is 2.15 bits per heavy atom. The largest absolute Gasteiger partial charge is 0.338 e. The van der Waals surface area contributed by atoms with Crippen LogP contribution in [0.3, 0.4) is 0 Å². The molecule has 0 bridgehead atoms. The van der Waals surface area contributed by atoms with Gasteiger partial charge in [-0.2, -0.15) is 16.7 Å². The summed E-state index contributed by atoms with van der Waals surface area (Å²) >= 11 is 1.94. The van der Waals surface area contributed by atoms with Gasteiger partial charge < -0.3 is 9.84 Å². The van der Waals surface area contributed by atoms with E-state index >= 15 is 0 Å². The Bertz CT molecular complexity index is 607. The third-order valence-electron chi connectivity index (χ3n) is 4.05. The van der Waals surface area contributed by atoms with Gasteiger partial charge in [-0.15, -0.1) is 0 Å². The van der Waals surface area contributed by atoms with Crippen molar-refractivity contribution in [2.45, 2.75) is 37.1 Å². The van der Waals surface area contributed by atoms with Crippen molar-refractivity contribution in [1.82, 2.24) is 15.5 Å². The fourth-order valence-corrected chi connectivity index (χ4v) is 4.13. The van der Waals surface area contributed by atoms with Crippen LogP contribution >= 0.6 is 11.8 Å². The second-order valence-corrected chi connectivity index (χ2v) is 6.71. The van der Waals surface area contributed by atoms with Crippen molar-refractivity contribution < 1.29 is 4.52 Å². The van der Waals surface area contributed by atoms with Crippen LogP contribution in [0.2, 0.25) is 0 Å². The van der Waals surface area contributed by atoms with Crippen molar-refractivity contribution >= 4 is 11.8 Å². The first-order chi connectivity index (χ1) is 9.90. The molecule has 2 aliphatic rings. The molecule has 2 aliphatic heterocycles. The molecule has 0 radical (unpaired) electrons. The topological polar surface area (TPSA) is 51.0 Å². The lowest BCUT2D eigenvalue weighted by Crippen LogP contribution is -2.28. The van der Waals surface area contributed by atoms with Crippen LogP contribution in [0.5, 0.6) is 0 Å². The summed E-state index contributed by atoms with van der Waals surface area (Å²) in [5, 5.41) is 8.11. The van der Waals surface area contributed by atoms with E-state index in [0.29, 0.717) is 5.25 Å². The van der Waals surface area contributed by atoms with Crippen molar-refractivity contribution in [3.63, 3.8) is 0 Å². The quantitative estimate of drug-likeness (QED) is 0.920. The van der Waals surface area contributed by atoms with Crippen LogP contribution in [0, 0.1) is 0 Å². The minimum Gasteiger partial charge on any atom is -0.338 e. The second-order valence-electron chi connectivity index (χ2n) is 5.40. The predicted molar refractivity (Wildman–Crippen MR) is 78.5 cm³/mol. The molecule has 0 saturated carbocycles. The first kappa shape index (κ1) is 12.4. The summed E-state index contributed by atoms with van der Waals surface area (Å²) in [5.41, 5.74) is 2.75. The third-order valence-corrected chi connectivity index (χ3v) is 5.43. The van der Waals surface area contributed by atoms with Crippen LogP contribution in [-0.4, -0.2) is 15.9 Å². The van der Waals surface area contributed by atoms with E-state index in [2.05, 4.69) is 39.7 Å². The van der Waals surface area contributed by atoms with E-state index in [1.165, 1.54) is 29.7 Å². The Morgan fingerprint density at radius 1 is 1.25 bits per heavy atom. The highest BCUT2D eigenvalue weighted by Gasteiger charge is 2.27. The summed E-state index contributed by atoms with van der Waals surface area (Å²) in [6.07, 6.45) is 3.36. The minimum atomic E-state index is 0.151. The van der Waals surface area contributed by atoms with Gasteiger partial charge in [-0.1, -0.05) is 29.4 Å². The SMILES string of the molecule is c1ccc2c(c1)CNC(c1nc(C3CCCS3)no1)C2. The molecule has 3 heterocycles. The molecule has 104 valence electrons. The Kier molecular flexibility index (Phi) is 3.24. The lowest BCUT2D eigenvalue weighted by Gasteiger charge is -2.23. The van der Waals surface area contributed by atoms with Crippen LogP contribution in [0.15, 0.2) is 28.8 Å². The van der Waals surface area contributed by atoms with Gasteiger partial charge in [0.2, 0.25) is 5.89 Å². The van der Waals surface area contributed by atoms with Crippen molar-refractivity contribution in [3.8, 4) is 0 Å². The number of hydrogen-bond acceptors (Lipinski definition) is 5. The van der Waals surface area contributed by atoms with Gasteiger partial charge in [-0.3, -0.25) is 0 Å². The summed E-state index contributed by atoms with van der Waals surface area (Å²) in [7, 11) is 0. The lowest BCUT2D eigenvalue weighted by atomic mass is 9.96. The third kappa shape index (κ3) is 2.25. The van der Waals surface area contributed by atoms with Gasteiger partial charge in [0.1, 0.15) is 0 Å². The molecule has 2 aromatic rings. The number of thioether (sulfide) groups is 1. The smallest absolute Gasteiger partial charge is 0.244 e. The van der Waals surface area contributed by atoms with Crippen molar-refractivity contribution in [1.29, 1.82) is 0 Å². The van der Waals surface area contributed by atoms with Crippen LogP contribution in [-0.2, 0) is 13.0 Å². The second kappa shape index (κ2) is 5.22. The molecule has 2 atom stereocenters. The monoisotopic (exact) mass is 287 g/mol. The molecule has 5 heteroatoms. The molecular weight excluding hydrogens is 270 g/mol. The maximum absolute atomic E-state index is 5.49. The lowest BCUT2D eigenvalue weighted by molar-refractivity contribution is 0.318. The average molecular weight is 287 g/mol. The summed E-state index contributed by atoms with van der Waals surface area (Å²) in [5.74, 6) is 2.83. The molecule has 0 aliphatic carbocycles. The number of rotatable bonds is 2. The molecule has 4 rings (SSSR count). The molecule has 1 saturated heterocycles. The molecule has 1 N–H and O–H groups in total. The Morgan fingerprint density at radius 3 is 3.00 bits per heavy atom. The maximum Gasteiger partial charge on any atom is 0.244 e. The van der Waals surface area contributed by atoms with Gasteiger partial charge >= 0.3 is 0 Å². The molecule has 0 spiro atoms. The maximum atomic E-state index is 5.49. The molecule has 2 unspecified atom stereocenters. The number of fused-ring (bicyclic) bond motifs is 1. The van der Waals surface area contributed by atoms with Crippen LogP contribution in [0.25, 0.3) is 0 Å². The van der Waals surface area contributed by atoms with E-state index in [1.54, 1.807) is 0 Å². The Hall–Kier alpha value is -1.33. The Balaban J connectivity index is 1.54. The molecule has 0 amide bonds. The number of nitrogens with zero attached hydrogens (tertiary/aromatic N) is 2. The summed E-state index contributed by atoms with van der Waals surface area (Å²) < 4.78 is 5.49. The van der Waals surface area contributed by atoms with Crippen LogP contribution in [0.1, 0.15) is 47.0 Å². The molecule has 1 aromatic heterocycles. The molecule has 1 aromatic carbocycles. The fraction of sp³-hybridized carbons (Fsp3) is 0.467. The zero-order valence-corrected chi connectivity index (χ0v) is 12.0. The van der Waals surface area contributed by atoms with Gasteiger partial charge in [0.15, 0.2) is 5.82 Å². The summed E-state index contributed by atoms with van der Waals surface area (Å²) in [6.45, 7) is 0.872. The van der Waals surface area contributed by atoms with Crippen LogP contribution in [0.4, 0.5) is 0 Å². The molecular formula is C15H17N3OS. The van der Waals surface area contributed by atoms with E-state index in [1.807, 2.05) is 11.8 Å². The van der Waals surface area contributed by atoms with Gasteiger partial charge in [-0.05, 0) is 36.1 Å². The van der Waals surface area contributed by atoms with E-state index < -0.39 is 0 Å². The average Bonchev–Trinajstić information content (AvgIpc) is 3.17. The summed E-state index contributed by atoms with van der Waals surface area (Å²) in [6, 6.07) is 8.69. The van der Waals surface area contributed by atoms with E-state index in [9.17, 15) is 0 Å². The fourth-order valence-electron chi connectivity index (χ4n) is 2.93. The highest BCUT2D eigenvalue weighted by molar-refractivity contribution is 7.99. The first-order valence-corrected chi connectivity index (χ1v) is 8.20. The standard InChI is InChI=1S/C15H17N3OS/c1-2-5-11-9-16-12(8-10(11)4-1)15-17-14(18-19-15)13-6-3-7-20-13/h1-2,4-5,12-13,16H,3,6-9H2. The molecule has 20 heavy (non-hydrogen) atoms. The Labute approximate surface area is 122 Å². The minimum absolute atomic E-state index is 0.151. The van der Waals surface area contributed by atoms with Gasteiger partial charge in [0.25, 0.3) is 0 Å². The molecule has 1 fully saturated rings. The first-order valence-electron chi connectivity index (χ1n) is 7.15. The number of aromatic nitrogens is 2. The molecule has 4 nitrogen and oxygen atoms in total. The van der Waals surface area contributed by atoms with E-state index in [-0.39, 0.29) is 6.04 Å². The normalized spacial score (nSPS) is 25.6. The highest BCUT2D eigenvalue weighted by Crippen LogP contribution is 2.38. The predicted octanol–water partition coefficient (Wildman–Crippen LogP) is 3.02. The van der Waals surface area contributed by atoms with Crippen molar-refractivity contribution in [3.05, 3.63) is 47.1 Å². The zero-order chi connectivity index (χ0) is 13.4. The summed E-state index contributed by atoms with van der Waals surface area (Å²) in [4.78, 5) is 4.63. The van der Waals surface area contributed by atoms with E-state index in [4.69, 9.17) is 4.52 Å². The zero-order valence-electron chi connectivity index (χ0n) is 11.2. The highest BCUT2D eigenvalue weighted by atomic mass is 32.2. The number of hydrogen-bond donors (Lipinski definition) is 1. The van der Waals surface area contributed by atoms with Gasteiger partial charge in [-0.25, -0.2) is 0 Å². The van der Waals surface area contributed by atoms with Crippen LogP contribution < -0.4 is 5.32 Å². The number of benzene rings is 1. The van der Waals surface area contributed by atoms with Crippen molar-refractivity contribution in [2.24, 2.45) is 0 Å². The number of nitrogens with one attached hydrogen (secondary N) is 1. The van der Waals surface area contributed by atoms with E-state index in [0.717, 1.165) is 24.7 Å². The van der Waals surface area contributed by atoms with Gasteiger partial charge in [0.05, 0.1) is 11.3 Å².